The summed E-state index contributed by atoms with van der Waals surface area (Å²) in [5.74, 6) is -6.61. The van der Waals surface area contributed by atoms with E-state index in [1.807, 2.05) is 0 Å². The van der Waals surface area contributed by atoms with Crippen molar-refractivity contribution >= 4 is 41.6 Å². The van der Waals surface area contributed by atoms with Crippen molar-refractivity contribution in [1.82, 2.24) is 16.0 Å². The largest absolute Gasteiger partial charge is 0.481 e. The molecule has 0 saturated heterocycles. The predicted molar refractivity (Wildman–Crippen MR) is 127 cm³/mol. The van der Waals surface area contributed by atoms with Crippen molar-refractivity contribution in [2.75, 3.05) is 0 Å². The lowest BCUT2D eigenvalue weighted by Gasteiger charge is -2.22. The molecule has 0 saturated carbocycles. The molecule has 14 heteroatoms. The Hall–Kier alpha value is -3.71. The number of aliphatic carboxylic acids is 3. The van der Waals surface area contributed by atoms with Gasteiger partial charge in [0.1, 0.15) is 17.7 Å². The predicted octanol–water partition coefficient (Wildman–Crippen LogP) is 0.177. The Labute approximate surface area is 214 Å². The lowest BCUT2D eigenvalue weighted by molar-refractivity contribution is -0.155. The monoisotopic (exact) mass is 531 g/mol. The summed E-state index contributed by atoms with van der Waals surface area (Å²) < 4.78 is 5.12. The van der Waals surface area contributed by atoms with Crippen molar-refractivity contribution < 1.29 is 53.6 Å². The fourth-order valence-corrected chi connectivity index (χ4v) is 2.98. The highest BCUT2D eigenvalue weighted by atomic mass is 16.6. The van der Waals surface area contributed by atoms with Crippen LogP contribution in [0.25, 0.3) is 0 Å². The van der Waals surface area contributed by atoms with Crippen LogP contribution in [0.1, 0.15) is 79.1 Å². The molecule has 3 unspecified atom stereocenters. The minimum Gasteiger partial charge on any atom is -0.481 e. The van der Waals surface area contributed by atoms with Gasteiger partial charge in [-0.25, -0.2) is 4.79 Å². The van der Waals surface area contributed by atoms with Gasteiger partial charge in [0, 0.05) is 31.7 Å². The molecule has 0 bridgehead atoms. The van der Waals surface area contributed by atoms with Gasteiger partial charge < -0.3 is 36.0 Å². The average Bonchev–Trinajstić information content (AvgIpc) is 2.74. The quantitative estimate of drug-likeness (QED) is 0.139. The first-order valence-electron chi connectivity index (χ1n) is 11.8. The van der Waals surface area contributed by atoms with Crippen LogP contribution < -0.4 is 16.0 Å². The van der Waals surface area contributed by atoms with E-state index in [-0.39, 0.29) is 38.5 Å². The van der Waals surface area contributed by atoms with Gasteiger partial charge in [-0.05, 0) is 47.0 Å². The molecule has 37 heavy (non-hydrogen) atoms. The Morgan fingerprint density at radius 3 is 1.70 bits per heavy atom. The molecule has 0 aromatic rings. The van der Waals surface area contributed by atoms with Crippen molar-refractivity contribution in [3.05, 3.63) is 0 Å². The lowest BCUT2D eigenvalue weighted by atomic mass is 10.1. The van der Waals surface area contributed by atoms with E-state index in [0.29, 0.717) is 0 Å². The third-order valence-electron chi connectivity index (χ3n) is 4.75. The van der Waals surface area contributed by atoms with Crippen LogP contribution in [-0.2, 0) is 38.3 Å². The third kappa shape index (κ3) is 17.4. The molecule has 3 amide bonds. The number of carboxylic acid groups (broad SMARTS) is 3. The van der Waals surface area contributed by atoms with Gasteiger partial charge in [0.05, 0.1) is 6.42 Å². The zero-order valence-corrected chi connectivity index (χ0v) is 21.5. The highest BCUT2D eigenvalue weighted by Gasteiger charge is 2.28. The maximum Gasteiger partial charge on any atom is 0.326 e. The number of ether oxygens (including phenoxy) is 1. The molecule has 0 aromatic heterocycles. The summed E-state index contributed by atoms with van der Waals surface area (Å²) in [6.07, 6.45) is -2.04. The standard InChI is InChI=1S/C23H37N3O11/c1-13(5-10-18(29)30)24-16(27)8-6-14(21(34)26-15(22(35)36)7-11-19(31)32)25-17(28)9-12-20(33)37-23(2,3)4/h13-15H,5-12H2,1-4H3,(H,24,27)(H,25,28)(H,26,34)(H,29,30)(H,31,32)(H,35,36). The highest BCUT2D eigenvalue weighted by molar-refractivity contribution is 5.91. The minimum absolute atomic E-state index is 0.160. The first-order valence-corrected chi connectivity index (χ1v) is 11.8. The summed E-state index contributed by atoms with van der Waals surface area (Å²) in [7, 11) is 0. The Balaban J connectivity index is 5.25. The van der Waals surface area contributed by atoms with Gasteiger partial charge >= 0.3 is 23.9 Å². The van der Waals surface area contributed by atoms with Gasteiger partial charge in [-0.15, -0.1) is 0 Å². The molecule has 0 aliphatic carbocycles. The molecule has 6 N–H and O–H groups in total. The van der Waals surface area contributed by atoms with Gasteiger partial charge in [-0.3, -0.25) is 28.8 Å². The maximum absolute atomic E-state index is 12.8. The van der Waals surface area contributed by atoms with E-state index in [9.17, 15) is 38.7 Å². The molecule has 0 radical (unpaired) electrons. The van der Waals surface area contributed by atoms with E-state index in [1.54, 1.807) is 27.7 Å². The fraction of sp³-hybridized carbons (Fsp3) is 0.696. The van der Waals surface area contributed by atoms with Crippen molar-refractivity contribution in [3.8, 4) is 0 Å². The van der Waals surface area contributed by atoms with Gasteiger partial charge in [0.15, 0.2) is 0 Å². The van der Waals surface area contributed by atoms with E-state index in [1.165, 1.54) is 0 Å². The SMILES string of the molecule is CC(CCC(=O)O)NC(=O)CCC(NC(=O)CCC(=O)OC(C)(C)C)C(=O)NC(CCC(=O)O)C(=O)O. The molecule has 210 valence electrons. The van der Waals surface area contributed by atoms with Crippen LogP contribution in [0.3, 0.4) is 0 Å². The lowest BCUT2D eigenvalue weighted by Crippen LogP contribution is -2.52. The van der Waals surface area contributed by atoms with Crippen molar-refractivity contribution in [2.45, 2.75) is 103 Å². The van der Waals surface area contributed by atoms with Crippen LogP contribution in [0, 0.1) is 0 Å². The van der Waals surface area contributed by atoms with Crippen LogP contribution in [0.5, 0.6) is 0 Å². The average molecular weight is 532 g/mol. The fourth-order valence-electron chi connectivity index (χ4n) is 2.98. The molecular formula is C23H37N3O11. The first kappa shape index (κ1) is 33.3. The number of amides is 3. The Morgan fingerprint density at radius 1 is 0.676 bits per heavy atom. The second-order valence-corrected chi connectivity index (χ2v) is 9.48. The molecule has 0 aliphatic heterocycles. The van der Waals surface area contributed by atoms with Crippen molar-refractivity contribution in [1.29, 1.82) is 0 Å². The van der Waals surface area contributed by atoms with Crippen LogP contribution in [-0.4, -0.2) is 80.6 Å². The molecule has 0 aliphatic rings. The summed E-state index contributed by atoms with van der Waals surface area (Å²) in [5, 5.41) is 33.9. The number of hydrogen-bond acceptors (Lipinski definition) is 8. The number of carbonyl (C=O) groups is 7. The molecule has 0 spiro atoms. The summed E-state index contributed by atoms with van der Waals surface area (Å²) in [6, 6.07) is -3.38. The van der Waals surface area contributed by atoms with Crippen LogP contribution in [0.4, 0.5) is 0 Å². The number of carbonyl (C=O) groups excluding carboxylic acids is 4. The van der Waals surface area contributed by atoms with E-state index in [0.717, 1.165) is 0 Å². The molecule has 0 aromatic carbocycles. The van der Waals surface area contributed by atoms with Crippen LogP contribution >= 0.6 is 0 Å². The smallest absolute Gasteiger partial charge is 0.326 e. The van der Waals surface area contributed by atoms with E-state index in [4.69, 9.17) is 14.9 Å². The van der Waals surface area contributed by atoms with Crippen molar-refractivity contribution in [2.24, 2.45) is 0 Å². The Bertz CT molecular complexity index is 851. The normalized spacial score (nSPS) is 13.4. The van der Waals surface area contributed by atoms with Gasteiger partial charge in [-0.2, -0.15) is 0 Å². The zero-order chi connectivity index (χ0) is 28.8. The number of rotatable bonds is 17. The second kappa shape index (κ2) is 16.1. The Kier molecular flexibility index (Phi) is 14.5. The zero-order valence-electron chi connectivity index (χ0n) is 21.5. The molecule has 0 heterocycles. The number of nitrogens with one attached hydrogen (secondary N) is 3. The second-order valence-electron chi connectivity index (χ2n) is 9.48. The van der Waals surface area contributed by atoms with E-state index < -0.39 is 78.2 Å². The minimum atomic E-state index is -1.55. The van der Waals surface area contributed by atoms with Gasteiger partial charge in [-0.1, -0.05) is 0 Å². The van der Waals surface area contributed by atoms with Crippen LogP contribution in [0.15, 0.2) is 0 Å². The maximum atomic E-state index is 12.8. The molecule has 0 fully saturated rings. The summed E-state index contributed by atoms with van der Waals surface area (Å²) in [5.41, 5.74) is -0.757. The molecular weight excluding hydrogens is 494 g/mol. The highest BCUT2D eigenvalue weighted by Crippen LogP contribution is 2.10. The van der Waals surface area contributed by atoms with Crippen molar-refractivity contribution in [3.63, 3.8) is 0 Å². The molecule has 3 atom stereocenters. The number of hydrogen-bond donors (Lipinski definition) is 6. The van der Waals surface area contributed by atoms with E-state index in [2.05, 4.69) is 16.0 Å². The number of esters is 1. The van der Waals surface area contributed by atoms with Gasteiger partial charge in [0.2, 0.25) is 17.7 Å². The molecule has 0 rings (SSSR count). The van der Waals surface area contributed by atoms with E-state index >= 15 is 0 Å². The third-order valence-corrected chi connectivity index (χ3v) is 4.75. The summed E-state index contributed by atoms with van der Waals surface area (Å²) in [6.45, 7) is 6.57. The topological polar surface area (TPSA) is 225 Å². The summed E-state index contributed by atoms with van der Waals surface area (Å²) >= 11 is 0. The van der Waals surface area contributed by atoms with Gasteiger partial charge in [0.25, 0.3) is 0 Å². The summed E-state index contributed by atoms with van der Waals surface area (Å²) in [4.78, 5) is 82.1. The first-order chi connectivity index (χ1) is 17.0. The Morgan fingerprint density at radius 2 is 1.19 bits per heavy atom. The number of carboxylic acids is 3. The van der Waals surface area contributed by atoms with Crippen LogP contribution in [0.2, 0.25) is 0 Å². The molecule has 14 nitrogen and oxygen atoms in total.